The van der Waals surface area contributed by atoms with E-state index >= 15 is 0 Å². The summed E-state index contributed by atoms with van der Waals surface area (Å²) in [5.74, 6) is 0.447. The Balaban J connectivity index is 1.85. The summed E-state index contributed by atoms with van der Waals surface area (Å²) in [6.07, 6.45) is 0. The molecule has 1 aromatic heterocycles. The van der Waals surface area contributed by atoms with Gasteiger partial charge in [0.1, 0.15) is 5.75 Å². The minimum Gasteiger partial charge on any atom is -0.497 e. The second kappa shape index (κ2) is 5.83. The van der Waals surface area contributed by atoms with E-state index in [2.05, 4.69) is 26.2 Å². The first-order valence-electron chi connectivity index (χ1n) is 6.17. The molecule has 3 aromatic rings. The van der Waals surface area contributed by atoms with Gasteiger partial charge in [-0.1, -0.05) is 33.3 Å². The van der Waals surface area contributed by atoms with Gasteiger partial charge in [-0.25, -0.2) is 4.98 Å². The Kier molecular flexibility index (Phi) is 3.90. The highest BCUT2D eigenvalue weighted by Gasteiger charge is 2.10. The number of halogens is 1. The van der Waals surface area contributed by atoms with Gasteiger partial charge in [-0.15, -0.1) is 0 Å². The zero-order chi connectivity index (χ0) is 14.8. The van der Waals surface area contributed by atoms with Gasteiger partial charge >= 0.3 is 0 Å². The lowest BCUT2D eigenvalue weighted by Crippen LogP contribution is -2.11. The number of benzene rings is 2. The van der Waals surface area contributed by atoms with E-state index < -0.39 is 0 Å². The molecule has 3 rings (SSSR count). The largest absolute Gasteiger partial charge is 0.497 e. The van der Waals surface area contributed by atoms with Gasteiger partial charge in [0.25, 0.3) is 5.91 Å². The maximum atomic E-state index is 12.2. The Hall–Kier alpha value is -1.92. The molecule has 0 saturated heterocycles. The van der Waals surface area contributed by atoms with E-state index in [0.29, 0.717) is 16.4 Å². The zero-order valence-corrected chi connectivity index (χ0v) is 13.5. The Morgan fingerprint density at radius 1 is 1.29 bits per heavy atom. The fraction of sp³-hybridized carbons (Fsp3) is 0.0667. The van der Waals surface area contributed by atoms with Gasteiger partial charge in [0.05, 0.1) is 17.3 Å². The fourth-order valence-electron chi connectivity index (χ4n) is 1.89. The second-order valence-corrected chi connectivity index (χ2v) is 6.26. The second-order valence-electron chi connectivity index (χ2n) is 4.32. The molecule has 0 aliphatic heterocycles. The molecule has 1 amide bonds. The van der Waals surface area contributed by atoms with Crippen LogP contribution in [-0.2, 0) is 0 Å². The third-order valence-electron chi connectivity index (χ3n) is 2.90. The lowest BCUT2D eigenvalue weighted by atomic mass is 10.2. The SMILES string of the molecule is COc1cccc(C(=O)Nc2nc3ccc(Br)cc3s2)c1. The highest BCUT2D eigenvalue weighted by atomic mass is 79.9. The summed E-state index contributed by atoms with van der Waals surface area (Å²) in [6.45, 7) is 0. The van der Waals surface area contributed by atoms with Crippen molar-refractivity contribution in [1.29, 1.82) is 0 Å². The number of fused-ring (bicyclic) bond motifs is 1. The van der Waals surface area contributed by atoms with E-state index in [9.17, 15) is 4.79 Å². The van der Waals surface area contributed by atoms with Crippen LogP contribution in [0.1, 0.15) is 10.4 Å². The number of methoxy groups -OCH3 is 1. The first-order chi connectivity index (χ1) is 10.2. The summed E-state index contributed by atoms with van der Waals surface area (Å²) in [5.41, 5.74) is 1.40. The maximum absolute atomic E-state index is 12.2. The molecule has 106 valence electrons. The van der Waals surface area contributed by atoms with Crippen LogP contribution < -0.4 is 10.1 Å². The minimum absolute atomic E-state index is 0.202. The van der Waals surface area contributed by atoms with Gasteiger partial charge in [-0.2, -0.15) is 0 Å². The highest BCUT2D eigenvalue weighted by Crippen LogP contribution is 2.28. The average Bonchev–Trinajstić information content (AvgIpc) is 2.88. The number of nitrogens with zero attached hydrogens (tertiary/aromatic N) is 1. The number of rotatable bonds is 3. The number of carbonyl (C=O) groups excluding carboxylic acids is 1. The smallest absolute Gasteiger partial charge is 0.257 e. The number of thiazole rings is 1. The molecule has 4 nitrogen and oxygen atoms in total. The highest BCUT2D eigenvalue weighted by molar-refractivity contribution is 9.10. The Bertz CT molecular complexity index is 816. The van der Waals surface area contributed by atoms with Gasteiger partial charge < -0.3 is 4.74 Å². The summed E-state index contributed by atoms with van der Waals surface area (Å²) in [5, 5.41) is 3.40. The topological polar surface area (TPSA) is 51.2 Å². The third kappa shape index (κ3) is 3.06. The molecule has 21 heavy (non-hydrogen) atoms. The van der Waals surface area contributed by atoms with Crippen LogP contribution in [0, 0.1) is 0 Å². The van der Waals surface area contributed by atoms with E-state index in [1.54, 1.807) is 31.4 Å². The van der Waals surface area contributed by atoms with Crippen molar-refractivity contribution in [2.45, 2.75) is 0 Å². The van der Waals surface area contributed by atoms with Crippen LogP contribution in [0.4, 0.5) is 5.13 Å². The van der Waals surface area contributed by atoms with E-state index in [0.717, 1.165) is 14.7 Å². The molecule has 1 N–H and O–H groups in total. The van der Waals surface area contributed by atoms with E-state index in [4.69, 9.17) is 4.74 Å². The predicted molar refractivity (Wildman–Crippen MR) is 88.3 cm³/mol. The van der Waals surface area contributed by atoms with Crippen molar-refractivity contribution in [3.05, 3.63) is 52.5 Å². The van der Waals surface area contributed by atoms with Crippen molar-refractivity contribution in [1.82, 2.24) is 4.98 Å². The van der Waals surface area contributed by atoms with Crippen LogP contribution in [0.15, 0.2) is 46.9 Å². The predicted octanol–water partition coefficient (Wildman–Crippen LogP) is 4.32. The summed E-state index contributed by atoms with van der Waals surface area (Å²) in [4.78, 5) is 16.6. The number of amides is 1. The van der Waals surface area contributed by atoms with Gasteiger partial charge in [0.15, 0.2) is 5.13 Å². The van der Waals surface area contributed by atoms with E-state index in [1.807, 2.05) is 18.2 Å². The van der Waals surface area contributed by atoms with Crippen molar-refractivity contribution < 1.29 is 9.53 Å². The molecule has 0 saturated carbocycles. The maximum Gasteiger partial charge on any atom is 0.257 e. The number of nitrogens with one attached hydrogen (secondary N) is 1. The Labute approximate surface area is 133 Å². The third-order valence-corrected chi connectivity index (χ3v) is 4.33. The number of aromatic nitrogens is 1. The molecule has 0 aliphatic rings. The zero-order valence-electron chi connectivity index (χ0n) is 11.1. The van der Waals surface area contributed by atoms with Crippen LogP contribution in [0.25, 0.3) is 10.2 Å². The molecule has 0 radical (unpaired) electrons. The molecule has 1 heterocycles. The van der Waals surface area contributed by atoms with Crippen LogP contribution in [0.5, 0.6) is 5.75 Å². The minimum atomic E-state index is -0.202. The standard InChI is InChI=1S/C15H11BrN2O2S/c1-20-11-4-2-3-9(7-11)14(19)18-15-17-12-6-5-10(16)8-13(12)21-15/h2-8H,1H3,(H,17,18,19). The normalized spacial score (nSPS) is 10.6. The van der Waals surface area contributed by atoms with Crippen LogP contribution in [-0.4, -0.2) is 18.0 Å². The van der Waals surface area contributed by atoms with Crippen molar-refractivity contribution >= 4 is 48.5 Å². The first kappa shape index (κ1) is 14.0. The van der Waals surface area contributed by atoms with E-state index in [-0.39, 0.29) is 5.91 Å². The molecule has 0 bridgehead atoms. The molecule has 2 aromatic carbocycles. The molecular weight excluding hydrogens is 352 g/mol. The van der Waals surface area contributed by atoms with Crippen molar-refractivity contribution in [2.75, 3.05) is 12.4 Å². The Morgan fingerprint density at radius 3 is 2.95 bits per heavy atom. The van der Waals surface area contributed by atoms with Gasteiger partial charge in [0, 0.05) is 10.0 Å². The summed E-state index contributed by atoms with van der Waals surface area (Å²) in [7, 11) is 1.57. The number of hydrogen-bond acceptors (Lipinski definition) is 4. The van der Waals surface area contributed by atoms with Crippen molar-refractivity contribution in [3.8, 4) is 5.75 Å². The summed E-state index contributed by atoms with van der Waals surface area (Å²) < 4.78 is 7.13. The van der Waals surface area contributed by atoms with E-state index in [1.165, 1.54) is 11.3 Å². The summed E-state index contributed by atoms with van der Waals surface area (Å²) in [6, 6.07) is 12.8. The summed E-state index contributed by atoms with van der Waals surface area (Å²) >= 11 is 4.86. The molecule has 0 atom stereocenters. The molecule has 0 unspecified atom stereocenters. The number of carbonyl (C=O) groups is 1. The van der Waals surface area contributed by atoms with Gasteiger partial charge in [-0.3, -0.25) is 10.1 Å². The van der Waals surface area contributed by atoms with Crippen molar-refractivity contribution in [2.24, 2.45) is 0 Å². The lowest BCUT2D eigenvalue weighted by molar-refractivity contribution is 0.102. The number of ether oxygens (including phenoxy) is 1. The fourth-order valence-corrected chi connectivity index (χ4v) is 3.30. The first-order valence-corrected chi connectivity index (χ1v) is 7.78. The average molecular weight is 363 g/mol. The van der Waals surface area contributed by atoms with Crippen LogP contribution in [0.3, 0.4) is 0 Å². The molecule has 0 aliphatic carbocycles. The van der Waals surface area contributed by atoms with Crippen LogP contribution in [0.2, 0.25) is 0 Å². The number of anilines is 1. The van der Waals surface area contributed by atoms with Crippen molar-refractivity contribution in [3.63, 3.8) is 0 Å². The van der Waals surface area contributed by atoms with Crippen LogP contribution >= 0.6 is 27.3 Å². The van der Waals surface area contributed by atoms with Gasteiger partial charge in [0.2, 0.25) is 0 Å². The molecule has 0 spiro atoms. The molecule has 6 heteroatoms. The lowest BCUT2D eigenvalue weighted by Gasteiger charge is -2.03. The monoisotopic (exact) mass is 362 g/mol. The molecular formula is C15H11BrN2O2S. The molecule has 0 fully saturated rings. The van der Waals surface area contributed by atoms with Gasteiger partial charge in [-0.05, 0) is 36.4 Å². The quantitative estimate of drug-likeness (QED) is 0.754. The number of hydrogen-bond donors (Lipinski definition) is 1. The Morgan fingerprint density at radius 2 is 2.14 bits per heavy atom.